The van der Waals surface area contributed by atoms with Crippen molar-refractivity contribution in [2.45, 2.75) is 13.3 Å². The van der Waals surface area contributed by atoms with E-state index in [1.807, 2.05) is 17.0 Å². The van der Waals surface area contributed by atoms with Gasteiger partial charge in [-0.3, -0.25) is 4.79 Å². The molecule has 2 aliphatic rings. The van der Waals surface area contributed by atoms with Gasteiger partial charge in [-0.25, -0.2) is 4.98 Å². The summed E-state index contributed by atoms with van der Waals surface area (Å²) in [5.74, 6) is 0.345. The molecule has 1 amide bonds. The highest BCUT2D eigenvalue weighted by Crippen LogP contribution is 2.35. The lowest BCUT2D eigenvalue weighted by molar-refractivity contribution is -0.123. The van der Waals surface area contributed by atoms with E-state index >= 15 is 0 Å². The summed E-state index contributed by atoms with van der Waals surface area (Å²) < 4.78 is 1.22. The number of para-hydroxylation sites is 1. The van der Waals surface area contributed by atoms with E-state index in [1.165, 1.54) is 15.8 Å². The number of benzene rings is 2. The van der Waals surface area contributed by atoms with E-state index in [2.05, 4.69) is 42.2 Å². The van der Waals surface area contributed by atoms with Gasteiger partial charge in [0, 0.05) is 25.3 Å². The topological polar surface area (TPSA) is 36.4 Å². The summed E-state index contributed by atoms with van der Waals surface area (Å²) >= 11 is 1.72. The Morgan fingerprint density at radius 3 is 2.92 bits per heavy atom. The summed E-state index contributed by atoms with van der Waals surface area (Å²) in [6.07, 6.45) is 0.968. The number of carbonyl (C=O) groups is 1. The van der Waals surface area contributed by atoms with E-state index < -0.39 is 0 Å². The Kier molecular flexibility index (Phi) is 3.31. The summed E-state index contributed by atoms with van der Waals surface area (Å²) in [7, 11) is 0. The first kappa shape index (κ1) is 14.9. The zero-order valence-electron chi connectivity index (χ0n) is 14.1. The number of thiazole rings is 1. The number of fused-ring (bicyclic) bond motifs is 2. The number of carbonyl (C=O) groups excluding carboxylic acids is 1. The van der Waals surface area contributed by atoms with Gasteiger partial charge in [-0.1, -0.05) is 35.6 Å². The zero-order chi connectivity index (χ0) is 17.0. The van der Waals surface area contributed by atoms with Gasteiger partial charge in [-0.05, 0) is 42.7 Å². The number of anilines is 2. The second-order valence-corrected chi connectivity index (χ2v) is 7.95. The lowest BCUT2D eigenvalue weighted by Gasteiger charge is -2.39. The maximum Gasteiger partial charge on any atom is 0.233 e. The molecule has 5 heteroatoms. The van der Waals surface area contributed by atoms with Crippen LogP contribution in [0.15, 0.2) is 42.5 Å². The fourth-order valence-corrected chi connectivity index (χ4v) is 4.82. The molecule has 0 spiro atoms. The molecule has 0 atom stereocenters. The van der Waals surface area contributed by atoms with Gasteiger partial charge < -0.3 is 9.80 Å². The Labute approximate surface area is 150 Å². The van der Waals surface area contributed by atoms with Crippen molar-refractivity contribution >= 4 is 38.3 Å². The van der Waals surface area contributed by atoms with E-state index in [1.54, 1.807) is 11.3 Å². The number of nitrogens with zero attached hydrogens (tertiary/aromatic N) is 3. The van der Waals surface area contributed by atoms with Gasteiger partial charge in [0.15, 0.2) is 5.13 Å². The molecule has 0 N–H and O–H groups in total. The van der Waals surface area contributed by atoms with E-state index in [0.717, 1.165) is 42.4 Å². The van der Waals surface area contributed by atoms with Crippen molar-refractivity contribution in [3.8, 4) is 0 Å². The molecule has 4 nitrogen and oxygen atoms in total. The number of aromatic nitrogens is 1. The molecule has 1 fully saturated rings. The predicted molar refractivity (Wildman–Crippen MR) is 103 cm³/mol. The van der Waals surface area contributed by atoms with Crippen LogP contribution in [0.3, 0.4) is 0 Å². The fraction of sp³-hybridized carbons (Fsp3) is 0.300. The molecule has 0 radical (unpaired) electrons. The van der Waals surface area contributed by atoms with Crippen molar-refractivity contribution in [1.82, 2.24) is 4.98 Å². The molecule has 1 aromatic heterocycles. The summed E-state index contributed by atoms with van der Waals surface area (Å²) in [5.41, 5.74) is 4.69. The predicted octanol–water partition coefficient (Wildman–Crippen LogP) is 3.63. The van der Waals surface area contributed by atoms with Gasteiger partial charge >= 0.3 is 0 Å². The van der Waals surface area contributed by atoms with Crippen molar-refractivity contribution in [2.75, 3.05) is 29.4 Å². The van der Waals surface area contributed by atoms with Crippen LogP contribution in [-0.4, -0.2) is 30.5 Å². The minimum absolute atomic E-state index is 0.0832. The van der Waals surface area contributed by atoms with Gasteiger partial charge in [0.2, 0.25) is 5.91 Å². The van der Waals surface area contributed by atoms with Gasteiger partial charge in [0.1, 0.15) is 0 Å². The Morgan fingerprint density at radius 2 is 2.04 bits per heavy atom. The fourth-order valence-electron chi connectivity index (χ4n) is 3.73. The van der Waals surface area contributed by atoms with Gasteiger partial charge in [0.05, 0.1) is 16.1 Å². The number of hydrogen-bond donors (Lipinski definition) is 0. The third-order valence-electron chi connectivity index (χ3n) is 5.19. The third-order valence-corrected chi connectivity index (χ3v) is 6.27. The quantitative estimate of drug-likeness (QED) is 0.709. The van der Waals surface area contributed by atoms with Gasteiger partial charge in [-0.15, -0.1) is 0 Å². The first-order chi connectivity index (χ1) is 12.2. The van der Waals surface area contributed by atoms with Crippen LogP contribution in [0.1, 0.15) is 11.1 Å². The molecule has 3 aromatic rings. The summed E-state index contributed by atoms with van der Waals surface area (Å²) in [6, 6.07) is 14.6. The molecule has 2 aromatic carbocycles. The van der Waals surface area contributed by atoms with Crippen molar-refractivity contribution < 1.29 is 4.79 Å². The van der Waals surface area contributed by atoms with Crippen LogP contribution in [0, 0.1) is 12.8 Å². The van der Waals surface area contributed by atoms with Crippen molar-refractivity contribution in [2.24, 2.45) is 5.92 Å². The molecule has 0 bridgehead atoms. The Balaban J connectivity index is 1.30. The van der Waals surface area contributed by atoms with Crippen molar-refractivity contribution in [1.29, 1.82) is 0 Å². The van der Waals surface area contributed by atoms with E-state index in [4.69, 9.17) is 4.98 Å². The number of rotatable bonds is 2. The molecule has 0 unspecified atom stereocenters. The average Bonchev–Trinajstić information content (AvgIpc) is 3.16. The number of aryl methyl sites for hydroxylation is 1. The Hall–Kier alpha value is -2.40. The molecule has 2 aliphatic heterocycles. The first-order valence-corrected chi connectivity index (χ1v) is 9.52. The molecule has 25 heavy (non-hydrogen) atoms. The first-order valence-electron chi connectivity index (χ1n) is 8.70. The van der Waals surface area contributed by atoms with E-state index in [0.29, 0.717) is 0 Å². The Morgan fingerprint density at radius 1 is 1.20 bits per heavy atom. The van der Waals surface area contributed by atoms with Crippen LogP contribution in [0.5, 0.6) is 0 Å². The molecule has 1 saturated heterocycles. The summed E-state index contributed by atoms with van der Waals surface area (Å²) in [6.45, 7) is 4.47. The second-order valence-electron chi connectivity index (χ2n) is 6.94. The third kappa shape index (κ3) is 2.42. The van der Waals surface area contributed by atoms with E-state index in [-0.39, 0.29) is 11.8 Å². The van der Waals surface area contributed by atoms with Crippen LogP contribution in [0.25, 0.3) is 10.2 Å². The lowest BCUT2D eigenvalue weighted by Crippen LogP contribution is -2.54. The van der Waals surface area contributed by atoms with Crippen LogP contribution >= 0.6 is 11.3 Å². The van der Waals surface area contributed by atoms with Crippen molar-refractivity contribution in [3.63, 3.8) is 0 Å². The second kappa shape index (κ2) is 5.56. The summed E-state index contributed by atoms with van der Waals surface area (Å²) in [4.78, 5) is 21.8. The monoisotopic (exact) mass is 349 g/mol. The van der Waals surface area contributed by atoms with Crippen LogP contribution in [0.4, 0.5) is 10.8 Å². The highest BCUT2D eigenvalue weighted by Gasteiger charge is 2.38. The molecule has 5 rings (SSSR count). The minimum Gasteiger partial charge on any atom is -0.346 e. The molecular weight excluding hydrogens is 330 g/mol. The van der Waals surface area contributed by atoms with Crippen LogP contribution < -0.4 is 9.80 Å². The SMILES string of the molecule is Cc1ccc2nc(N3CC(C(=O)N4CCc5ccccc54)C3)sc2c1. The van der Waals surface area contributed by atoms with Gasteiger partial charge in [0.25, 0.3) is 0 Å². The largest absolute Gasteiger partial charge is 0.346 e. The van der Waals surface area contributed by atoms with E-state index in [9.17, 15) is 4.79 Å². The highest BCUT2D eigenvalue weighted by molar-refractivity contribution is 7.22. The maximum atomic E-state index is 12.9. The molecular formula is C20H19N3OS. The average molecular weight is 349 g/mol. The van der Waals surface area contributed by atoms with Crippen molar-refractivity contribution in [3.05, 3.63) is 53.6 Å². The van der Waals surface area contributed by atoms with Crippen LogP contribution in [0.2, 0.25) is 0 Å². The summed E-state index contributed by atoms with van der Waals surface area (Å²) in [5, 5.41) is 1.03. The molecule has 0 saturated carbocycles. The maximum absolute atomic E-state index is 12.9. The highest BCUT2D eigenvalue weighted by atomic mass is 32.1. The normalized spacial score (nSPS) is 17.0. The smallest absolute Gasteiger partial charge is 0.233 e. The molecule has 126 valence electrons. The van der Waals surface area contributed by atoms with Crippen LogP contribution in [-0.2, 0) is 11.2 Å². The van der Waals surface area contributed by atoms with Gasteiger partial charge in [-0.2, -0.15) is 0 Å². The minimum atomic E-state index is 0.0832. The Bertz CT molecular complexity index is 974. The number of hydrogen-bond acceptors (Lipinski definition) is 4. The number of amides is 1. The zero-order valence-corrected chi connectivity index (χ0v) is 14.9. The standard InChI is InChI=1S/C20H19N3OS/c1-13-6-7-16-18(10-13)25-20(21-16)22-11-15(12-22)19(24)23-9-8-14-4-2-3-5-17(14)23/h2-7,10,15H,8-9,11-12H2,1H3. The molecule has 3 heterocycles. The lowest BCUT2D eigenvalue weighted by atomic mass is 9.99. The molecule has 0 aliphatic carbocycles.